The first-order chi connectivity index (χ1) is 11.6. The zero-order valence-electron chi connectivity index (χ0n) is 13.3. The van der Waals surface area contributed by atoms with E-state index in [-0.39, 0.29) is 11.6 Å². The van der Waals surface area contributed by atoms with Gasteiger partial charge in [0.25, 0.3) is 6.43 Å². The van der Waals surface area contributed by atoms with Gasteiger partial charge >= 0.3 is 5.97 Å². The summed E-state index contributed by atoms with van der Waals surface area (Å²) < 4.78 is 32.0. The summed E-state index contributed by atoms with van der Waals surface area (Å²) in [5, 5.41) is 14.3. The van der Waals surface area contributed by atoms with E-state index in [4.69, 9.17) is 4.74 Å². The van der Waals surface area contributed by atoms with Crippen molar-refractivity contribution < 1.29 is 18.3 Å². The molecular formula is C15H19F2N5O2. The fourth-order valence-corrected chi connectivity index (χ4v) is 3.08. The fraction of sp³-hybridized carbons (Fsp3) is 0.600. The molecule has 1 fully saturated rings. The number of aromatic nitrogens is 4. The second kappa shape index (κ2) is 6.66. The molecule has 3 rings (SSSR count). The first-order valence-electron chi connectivity index (χ1n) is 7.97. The lowest BCUT2D eigenvalue weighted by Crippen LogP contribution is -2.37. The lowest BCUT2D eigenvalue weighted by Gasteiger charge is -2.26. The average Bonchev–Trinajstić information content (AvgIpc) is 3.20. The van der Waals surface area contributed by atoms with Crippen LogP contribution in [0.25, 0.3) is 5.65 Å². The second-order valence-corrected chi connectivity index (χ2v) is 5.91. The van der Waals surface area contributed by atoms with Gasteiger partial charge < -0.3 is 10.1 Å². The van der Waals surface area contributed by atoms with Gasteiger partial charge in [-0.1, -0.05) is 12.8 Å². The summed E-state index contributed by atoms with van der Waals surface area (Å²) in [5.74, 6) is -0.331. The minimum atomic E-state index is -2.76. The van der Waals surface area contributed by atoms with Crippen LogP contribution in [0.1, 0.15) is 44.9 Å². The molecule has 130 valence electrons. The maximum Gasteiger partial charge on any atom is 0.313 e. The van der Waals surface area contributed by atoms with Crippen molar-refractivity contribution in [3.63, 3.8) is 0 Å². The lowest BCUT2D eigenvalue weighted by atomic mass is 9.86. The highest BCUT2D eigenvalue weighted by Gasteiger charge is 2.42. The minimum absolute atomic E-state index is 0.214. The molecule has 0 atom stereocenters. The smallest absolute Gasteiger partial charge is 0.313 e. The SMILES string of the molecule is CCOC(=O)C1(CNc2ccc3nnc(C(F)F)n3n2)CCCC1. The predicted octanol–water partition coefficient (Wildman–Crippen LogP) is 2.60. The van der Waals surface area contributed by atoms with E-state index in [0.717, 1.165) is 30.2 Å². The number of esters is 1. The number of halogens is 2. The van der Waals surface area contributed by atoms with Crippen LogP contribution in [0.15, 0.2) is 12.1 Å². The van der Waals surface area contributed by atoms with Crippen LogP contribution in [0.2, 0.25) is 0 Å². The summed E-state index contributed by atoms with van der Waals surface area (Å²) in [6.07, 6.45) is 0.664. The Kier molecular flexibility index (Phi) is 4.59. The molecule has 0 saturated heterocycles. The lowest BCUT2D eigenvalue weighted by molar-refractivity contribution is -0.154. The van der Waals surface area contributed by atoms with Crippen molar-refractivity contribution >= 4 is 17.4 Å². The molecular weight excluding hydrogens is 320 g/mol. The standard InChI is InChI=1S/C15H19F2N5O2/c1-2-24-14(23)15(7-3-4-8-15)9-18-10-5-6-11-19-20-13(12(16)17)22(11)21-10/h5-6,12H,2-4,7-9H2,1H3,(H,18,21). The summed E-state index contributed by atoms with van der Waals surface area (Å²) >= 11 is 0. The zero-order chi connectivity index (χ0) is 17.2. The van der Waals surface area contributed by atoms with Gasteiger partial charge in [0.2, 0.25) is 5.82 Å². The molecule has 1 N–H and O–H groups in total. The van der Waals surface area contributed by atoms with E-state index in [1.165, 1.54) is 0 Å². The van der Waals surface area contributed by atoms with Crippen LogP contribution < -0.4 is 5.32 Å². The minimum Gasteiger partial charge on any atom is -0.466 e. The Bertz CT molecular complexity index is 728. The molecule has 0 spiro atoms. The number of hydrogen-bond donors (Lipinski definition) is 1. The van der Waals surface area contributed by atoms with Crippen LogP contribution in [0.3, 0.4) is 0 Å². The molecule has 0 aromatic carbocycles. The van der Waals surface area contributed by atoms with E-state index in [2.05, 4.69) is 20.6 Å². The van der Waals surface area contributed by atoms with Crippen LogP contribution >= 0.6 is 0 Å². The molecule has 0 radical (unpaired) electrons. The van der Waals surface area contributed by atoms with E-state index in [9.17, 15) is 13.6 Å². The number of rotatable bonds is 6. The Morgan fingerprint density at radius 1 is 1.38 bits per heavy atom. The molecule has 24 heavy (non-hydrogen) atoms. The molecule has 2 heterocycles. The average molecular weight is 339 g/mol. The largest absolute Gasteiger partial charge is 0.466 e. The number of fused-ring (bicyclic) bond motifs is 1. The fourth-order valence-electron chi connectivity index (χ4n) is 3.08. The van der Waals surface area contributed by atoms with Crippen LogP contribution in [0.5, 0.6) is 0 Å². The van der Waals surface area contributed by atoms with Crippen LogP contribution in [0, 0.1) is 5.41 Å². The number of hydrogen-bond acceptors (Lipinski definition) is 6. The van der Waals surface area contributed by atoms with Crippen LogP contribution in [-0.4, -0.2) is 38.9 Å². The highest BCUT2D eigenvalue weighted by Crippen LogP contribution is 2.39. The van der Waals surface area contributed by atoms with Crippen molar-refractivity contribution in [3.8, 4) is 0 Å². The molecule has 0 bridgehead atoms. The van der Waals surface area contributed by atoms with Crippen molar-refractivity contribution in [2.45, 2.75) is 39.0 Å². The Labute approximate surface area is 137 Å². The summed E-state index contributed by atoms with van der Waals surface area (Å²) in [7, 11) is 0. The molecule has 9 heteroatoms. The summed E-state index contributed by atoms with van der Waals surface area (Å²) in [6.45, 7) is 2.47. The normalized spacial score (nSPS) is 16.7. The zero-order valence-corrected chi connectivity index (χ0v) is 13.3. The molecule has 1 aliphatic rings. The van der Waals surface area contributed by atoms with Gasteiger partial charge in [0, 0.05) is 6.54 Å². The number of carbonyl (C=O) groups excluding carboxylic acids is 1. The number of carbonyl (C=O) groups is 1. The second-order valence-electron chi connectivity index (χ2n) is 5.91. The molecule has 7 nitrogen and oxygen atoms in total. The highest BCUT2D eigenvalue weighted by atomic mass is 19.3. The Hall–Kier alpha value is -2.32. The molecule has 0 aliphatic heterocycles. The van der Waals surface area contributed by atoms with Crippen molar-refractivity contribution in [3.05, 3.63) is 18.0 Å². The van der Waals surface area contributed by atoms with E-state index >= 15 is 0 Å². The van der Waals surface area contributed by atoms with Crippen molar-refractivity contribution in [1.29, 1.82) is 0 Å². The monoisotopic (exact) mass is 339 g/mol. The van der Waals surface area contributed by atoms with Gasteiger partial charge in [-0.2, -0.15) is 4.52 Å². The van der Waals surface area contributed by atoms with Gasteiger partial charge in [-0.15, -0.1) is 15.3 Å². The number of nitrogens with zero attached hydrogens (tertiary/aromatic N) is 4. The van der Waals surface area contributed by atoms with Crippen molar-refractivity contribution in [2.75, 3.05) is 18.5 Å². The van der Waals surface area contributed by atoms with Crippen molar-refractivity contribution in [2.24, 2.45) is 5.41 Å². The number of ether oxygens (including phenoxy) is 1. The quantitative estimate of drug-likeness (QED) is 0.815. The number of nitrogens with one attached hydrogen (secondary N) is 1. The van der Waals surface area contributed by atoms with Crippen LogP contribution in [-0.2, 0) is 9.53 Å². The molecule has 2 aromatic heterocycles. The number of anilines is 1. The first kappa shape index (κ1) is 16.5. The van der Waals surface area contributed by atoms with Gasteiger partial charge in [0.15, 0.2) is 5.65 Å². The Morgan fingerprint density at radius 2 is 2.12 bits per heavy atom. The molecule has 0 amide bonds. The Balaban J connectivity index is 1.79. The predicted molar refractivity (Wildman–Crippen MR) is 81.8 cm³/mol. The van der Waals surface area contributed by atoms with Gasteiger partial charge in [0.05, 0.1) is 12.0 Å². The molecule has 1 saturated carbocycles. The summed E-state index contributed by atoms with van der Waals surface area (Å²) in [5.41, 5.74) is -0.331. The van der Waals surface area contributed by atoms with Crippen molar-refractivity contribution in [1.82, 2.24) is 19.8 Å². The molecule has 1 aliphatic carbocycles. The van der Waals surface area contributed by atoms with E-state index in [1.807, 2.05) is 0 Å². The van der Waals surface area contributed by atoms with E-state index in [1.54, 1.807) is 19.1 Å². The van der Waals surface area contributed by atoms with Gasteiger partial charge in [-0.3, -0.25) is 4.79 Å². The summed E-state index contributed by atoms with van der Waals surface area (Å²) in [4.78, 5) is 12.3. The van der Waals surface area contributed by atoms with Crippen LogP contribution in [0.4, 0.5) is 14.6 Å². The highest BCUT2D eigenvalue weighted by molar-refractivity contribution is 5.78. The van der Waals surface area contributed by atoms with E-state index in [0.29, 0.717) is 19.0 Å². The van der Waals surface area contributed by atoms with Gasteiger partial charge in [-0.05, 0) is 31.9 Å². The maximum absolute atomic E-state index is 12.9. The third-order valence-corrected chi connectivity index (χ3v) is 4.36. The summed E-state index contributed by atoms with van der Waals surface area (Å²) in [6, 6.07) is 3.19. The number of alkyl halides is 2. The molecule has 2 aromatic rings. The molecule has 0 unspecified atom stereocenters. The van der Waals surface area contributed by atoms with Gasteiger partial charge in [0.1, 0.15) is 5.82 Å². The van der Waals surface area contributed by atoms with Gasteiger partial charge in [-0.25, -0.2) is 8.78 Å². The third-order valence-electron chi connectivity index (χ3n) is 4.36. The van der Waals surface area contributed by atoms with E-state index < -0.39 is 17.7 Å². The maximum atomic E-state index is 12.9. The topological polar surface area (TPSA) is 81.4 Å². The third kappa shape index (κ3) is 3.02. The Morgan fingerprint density at radius 3 is 2.79 bits per heavy atom. The first-order valence-corrected chi connectivity index (χ1v) is 7.97.